The van der Waals surface area contributed by atoms with Crippen LogP contribution in [0.3, 0.4) is 0 Å². The highest BCUT2D eigenvalue weighted by Crippen LogP contribution is 2.13. The fourth-order valence-corrected chi connectivity index (χ4v) is 2.68. The molecule has 0 saturated carbocycles. The van der Waals surface area contributed by atoms with Gasteiger partial charge in [0.25, 0.3) is 0 Å². The number of hydrogen-bond donors (Lipinski definition) is 1. The van der Waals surface area contributed by atoms with Gasteiger partial charge in [0.2, 0.25) is 0 Å². The number of piperidine rings is 1. The topological polar surface area (TPSA) is 54.7 Å². The van der Waals surface area contributed by atoms with E-state index in [1.807, 2.05) is 30.2 Å². The quantitative estimate of drug-likeness (QED) is 0.330. The summed E-state index contributed by atoms with van der Waals surface area (Å²) in [7, 11) is 1.85. The number of aliphatic imine (C=N–C) groups is 1. The van der Waals surface area contributed by atoms with E-state index in [1.54, 1.807) is 0 Å². The fraction of sp³-hybridized carbons (Fsp3) is 0.733. The molecule has 1 aromatic heterocycles. The summed E-state index contributed by atoms with van der Waals surface area (Å²) < 4.78 is 7.64. The molecule has 0 atom stereocenters. The molecule has 1 N–H and O–H groups in total. The normalized spacial score (nSPS) is 16.5. The Bertz CT molecular complexity index is 416. The van der Waals surface area contributed by atoms with Crippen LogP contribution in [0.5, 0.6) is 0 Å². The maximum atomic E-state index is 5.69. The summed E-state index contributed by atoms with van der Waals surface area (Å²) >= 11 is 0. The van der Waals surface area contributed by atoms with E-state index in [1.165, 1.54) is 0 Å². The maximum absolute atomic E-state index is 5.69. The highest BCUT2D eigenvalue weighted by atomic mass is 127. The zero-order valence-corrected chi connectivity index (χ0v) is 15.9. The number of likely N-dealkylation sites (tertiary alicyclic amines) is 1. The van der Waals surface area contributed by atoms with Crippen LogP contribution in [0.2, 0.25) is 0 Å². The van der Waals surface area contributed by atoms with Gasteiger partial charge in [0, 0.05) is 52.2 Å². The number of aromatic nitrogens is 2. The number of aryl methyl sites for hydroxylation is 1. The minimum Gasteiger partial charge on any atom is -0.378 e. The molecule has 2 heterocycles. The molecule has 0 spiro atoms. The van der Waals surface area contributed by atoms with Gasteiger partial charge in [-0.25, -0.2) is 0 Å². The van der Waals surface area contributed by atoms with E-state index in [2.05, 4.69) is 27.2 Å². The minimum atomic E-state index is 0. The molecular formula is C15H28IN5O. The van der Waals surface area contributed by atoms with E-state index in [0.29, 0.717) is 6.10 Å². The van der Waals surface area contributed by atoms with Crippen LogP contribution in [0.4, 0.5) is 0 Å². The van der Waals surface area contributed by atoms with Crippen molar-refractivity contribution in [3.63, 3.8) is 0 Å². The van der Waals surface area contributed by atoms with Gasteiger partial charge in [0.1, 0.15) is 0 Å². The van der Waals surface area contributed by atoms with E-state index >= 15 is 0 Å². The number of halogens is 1. The molecule has 1 aliphatic rings. The molecular weight excluding hydrogens is 393 g/mol. The molecule has 7 heteroatoms. The Morgan fingerprint density at radius 2 is 2.18 bits per heavy atom. The summed E-state index contributed by atoms with van der Waals surface area (Å²) in [5.41, 5.74) is 0. The van der Waals surface area contributed by atoms with Gasteiger partial charge < -0.3 is 15.0 Å². The first-order valence-corrected chi connectivity index (χ1v) is 7.88. The van der Waals surface area contributed by atoms with Crippen molar-refractivity contribution in [1.29, 1.82) is 0 Å². The molecule has 0 aliphatic carbocycles. The van der Waals surface area contributed by atoms with Gasteiger partial charge in [0.05, 0.1) is 6.10 Å². The lowest BCUT2D eigenvalue weighted by atomic mass is 10.1. The van der Waals surface area contributed by atoms with Crippen LogP contribution < -0.4 is 5.32 Å². The molecule has 0 bridgehead atoms. The van der Waals surface area contributed by atoms with Crippen LogP contribution in [-0.4, -0.2) is 60.0 Å². The molecule has 0 amide bonds. The number of rotatable bonds is 6. The Morgan fingerprint density at radius 3 is 2.77 bits per heavy atom. The smallest absolute Gasteiger partial charge is 0.193 e. The first kappa shape index (κ1) is 19.2. The first-order chi connectivity index (χ1) is 10.3. The molecule has 2 rings (SSSR count). The number of nitrogens with zero attached hydrogens (tertiary/aromatic N) is 4. The molecule has 0 unspecified atom stereocenters. The van der Waals surface area contributed by atoms with Crippen molar-refractivity contribution in [3.8, 4) is 0 Å². The van der Waals surface area contributed by atoms with Crippen molar-refractivity contribution in [1.82, 2.24) is 20.0 Å². The summed E-state index contributed by atoms with van der Waals surface area (Å²) in [6.45, 7) is 6.76. The summed E-state index contributed by atoms with van der Waals surface area (Å²) in [6.07, 6.45) is 7.44. The predicted molar refractivity (Wildman–Crippen MR) is 99.8 cm³/mol. The highest BCUT2D eigenvalue weighted by Gasteiger charge is 2.21. The van der Waals surface area contributed by atoms with Gasteiger partial charge in [0.15, 0.2) is 5.96 Å². The third-order valence-electron chi connectivity index (χ3n) is 3.76. The summed E-state index contributed by atoms with van der Waals surface area (Å²) in [5.74, 6) is 1.01. The summed E-state index contributed by atoms with van der Waals surface area (Å²) in [5, 5.41) is 7.65. The van der Waals surface area contributed by atoms with Crippen molar-refractivity contribution in [2.75, 3.05) is 33.3 Å². The SMILES string of the molecule is CCOC1CCN(C(=NC)NCCCn2cccn2)CC1.I. The lowest BCUT2D eigenvalue weighted by Gasteiger charge is -2.34. The van der Waals surface area contributed by atoms with Crippen molar-refractivity contribution in [3.05, 3.63) is 18.5 Å². The second-order valence-corrected chi connectivity index (χ2v) is 5.24. The van der Waals surface area contributed by atoms with Gasteiger partial charge in [-0.2, -0.15) is 5.10 Å². The standard InChI is InChI=1S/C15H27N5O.HI/c1-3-21-14-6-12-19(13-7-14)15(16-2)17-8-4-10-20-11-5-9-18-20;/h5,9,11,14H,3-4,6-8,10,12-13H2,1-2H3,(H,16,17);1H. The fourth-order valence-electron chi connectivity index (χ4n) is 2.68. The first-order valence-electron chi connectivity index (χ1n) is 7.88. The molecule has 1 saturated heterocycles. The molecule has 126 valence electrons. The van der Waals surface area contributed by atoms with E-state index in [9.17, 15) is 0 Å². The molecule has 1 aromatic rings. The number of nitrogens with one attached hydrogen (secondary N) is 1. The van der Waals surface area contributed by atoms with Gasteiger partial charge in [-0.3, -0.25) is 9.67 Å². The van der Waals surface area contributed by atoms with Gasteiger partial charge in [-0.15, -0.1) is 24.0 Å². The van der Waals surface area contributed by atoms with Crippen LogP contribution in [0, 0.1) is 0 Å². The number of hydrogen-bond acceptors (Lipinski definition) is 3. The average molecular weight is 421 g/mol. The molecule has 6 nitrogen and oxygen atoms in total. The number of ether oxygens (including phenoxy) is 1. The largest absolute Gasteiger partial charge is 0.378 e. The molecule has 0 aromatic carbocycles. The zero-order chi connectivity index (χ0) is 14.9. The van der Waals surface area contributed by atoms with E-state index in [-0.39, 0.29) is 24.0 Å². The van der Waals surface area contributed by atoms with E-state index in [4.69, 9.17) is 4.74 Å². The van der Waals surface area contributed by atoms with Crippen LogP contribution in [0.25, 0.3) is 0 Å². The Kier molecular flexibility index (Phi) is 9.45. The second-order valence-electron chi connectivity index (χ2n) is 5.24. The van der Waals surface area contributed by atoms with Crippen LogP contribution >= 0.6 is 24.0 Å². The van der Waals surface area contributed by atoms with E-state index < -0.39 is 0 Å². The lowest BCUT2D eigenvalue weighted by Crippen LogP contribution is -2.47. The third kappa shape index (κ3) is 6.12. The molecule has 22 heavy (non-hydrogen) atoms. The summed E-state index contributed by atoms with van der Waals surface area (Å²) in [4.78, 5) is 6.71. The van der Waals surface area contributed by atoms with Crippen molar-refractivity contribution >= 4 is 29.9 Å². The molecule has 0 radical (unpaired) electrons. The third-order valence-corrected chi connectivity index (χ3v) is 3.76. The Morgan fingerprint density at radius 1 is 1.41 bits per heavy atom. The van der Waals surface area contributed by atoms with E-state index in [0.717, 1.165) is 58.0 Å². The van der Waals surface area contributed by atoms with Gasteiger partial charge in [-0.05, 0) is 32.3 Å². The zero-order valence-electron chi connectivity index (χ0n) is 13.6. The molecule has 1 fully saturated rings. The van der Waals surface area contributed by atoms with Gasteiger partial charge >= 0.3 is 0 Å². The van der Waals surface area contributed by atoms with Crippen molar-refractivity contribution < 1.29 is 4.74 Å². The van der Waals surface area contributed by atoms with Crippen LogP contribution in [0.15, 0.2) is 23.5 Å². The van der Waals surface area contributed by atoms with Crippen molar-refractivity contribution in [2.24, 2.45) is 4.99 Å². The minimum absolute atomic E-state index is 0. The number of guanidine groups is 1. The van der Waals surface area contributed by atoms with Gasteiger partial charge in [-0.1, -0.05) is 0 Å². The molecule has 1 aliphatic heterocycles. The Balaban J connectivity index is 0.00000242. The Labute approximate surface area is 150 Å². The Hall–Kier alpha value is -0.830. The second kappa shape index (κ2) is 10.8. The highest BCUT2D eigenvalue weighted by molar-refractivity contribution is 14.0. The average Bonchev–Trinajstić information content (AvgIpc) is 3.02. The van der Waals surface area contributed by atoms with Crippen LogP contribution in [-0.2, 0) is 11.3 Å². The maximum Gasteiger partial charge on any atom is 0.193 e. The van der Waals surface area contributed by atoms with Crippen LogP contribution in [0.1, 0.15) is 26.2 Å². The van der Waals surface area contributed by atoms with Crippen molar-refractivity contribution in [2.45, 2.75) is 38.8 Å². The lowest BCUT2D eigenvalue weighted by molar-refractivity contribution is 0.0264. The summed E-state index contributed by atoms with van der Waals surface area (Å²) in [6, 6.07) is 1.95. The monoisotopic (exact) mass is 421 g/mol. The predicted octanol–water partition coefficient (Wildman–Crippen LogP) is 1.97.